The van der Waals surface area contributed by atoms with E-state index in [-0.39, 0.29) is 12.5 Å². The highest BCUT2D eigenvalue weighted by molar-refractivity contribution is 5.70. The van der Waals surface area contributed by atoms with Crippen LogP contribution in [0.2, 0.25) is 0 Å². The van der Waals surface area contributed by atoms with Crippen LogP contribution in [-0.2, 0) is 4.79 Å². The Labute approximate surface area is 101 Å². The Kier molecular flexibility index (Phi) is 3.22. The molecule has 2 rings (SSSR count). The van der Waals surface area contributed by atoms with E-state index in [1.165, 1.54) is 0 Å². The van der Waals surface area contributed by atoms with E-state index < -0.39 is 5.97 Å². The number of carboxylic acid groups (broad SMARTS) is 1. The van der Waals surface area contributed by atoms with E-state index in [1.807, 2.05) is 32.0 Å². The molecule has 1 aromatic carbocycles. The van der Waals surface area contributed by atoms with Crippen LogP contribution in [0, 0.1) is 6.92 Å². The largest absolute Gasteiger partial charge is 0.489 e. The maximum Gasteiger partial charge on any atom is 0.305 e. The zero-order chi connectivity index (χ0) is 12.4. The number of carboxylic acids is 1. The Bertz CT molecular complexity index is 431. The third-order valence-corrected chi connectivity index (χ3v) is 3.05. The van der Waals surface area contributed by atoms with Crippen molar-refractivity contribution in [2.24, 2.45) is 0 Å². The van der Waals surface area contributed by atoms with Crippen LogP contribution in [0.4, 0.5) is 5.69 Å². The molecule has 4 heteroatoms. The lowest BCUT2D eigenvalue weighted by atomic mass is 10.1. The summed E-state index contributed by atoms with van der Waals surface area (Å²) in [5, 5.41) is 8.90. The van der Waals surface area contributed by atoms with Crippen LogP contribution in [0.1, 0.15) is 18.9 Å². The molecule has 0 saturated carbocycles. The van der Waals surface area contributed by atoms with Gasteiger partial charge in [0, 0.05) is 6.54 Å². The fourth-order valence-electron chi connectivity index (χ4n) is 2.25. The average molecular weight is 235 g/mol. The van der Waals surface area contributed by atoms with Crippen molar-refractivity contribution in [3.8, 4) is 5.75 Å². The van der Waals surface area contributed by atoms with E-state index >= 15 is 0 Å². The Morgan fingerprint density at radius 2 is 2.35 bits per heavy atom. The standard InChI is InChI=1S/C13H17NO3/c1-3-14-10(7-13(15)16)8-17-12-5-4-9(2)6-11(12)14/h4-6,10H,3,7-8H2,1-2H3,(H,15,16)/t10-/m0/s1. The van der Waals surface area contributed by atoms with Gasteiger partial charge in [-0.15, -0.1) is 0 Å². The summed E-state index contributed by atoms with van der Waals surface area (Å²) in [6.45, 7) is 5.29. The number of anilines is 1. The van der Waals surface area contributed by atoms with E-state index in [0.29, 0.717) is 6.61 Å². The van der Waals surface area contributed by atoms with Gasteiger partial charge in [0.25, 0.3) is 0 Å². The van der Waals surface area contributed by atoms with Gasteiger partial charge in [0.15, 0.2) is 0 Å². The smallest absolute Gasteiger partial charge is 0.305 e. The maximum absolute atomic E-state index is 10.8. The molecule has 1 aliphatic rings. The molecule has 0 radical (unpaired) electrons. The predicted octanol–water partition coefficient (Wildman–Crippen LogP) is 2.06. The van der Waals surface area contributed by atoms with E-state index in [1.54, 1.807) is 0 Å². The molecule has 1 N–H and O–H groups in total. The van der Waals surface area contributed by atoms with Crippen LogP contribution in [0.3, 0.4) is 0 Å². The van der Waals surface area contributed by atoms with Gasteiger partial charge in [0.2, 0.25) is 0 Å². The van der Waals surface area contributed by atoms with Gasteiger partial charge in [-0.1, -0.05) is 6.07 Å². The number of aliphatic carboxylic acids is 1. The summed E-state index contributed by atoms with van der Waals surface area (Å²) in [6.07, 6.45) is 0.112. The first-order valence-electron chi connectivity index (χ1n) is 5.83. The normalized spacial score (nSPS) is 18.5. The molecule has 0 spiro atoms. The fourth-order valence-corrected chi connectivity index (χ4v) is 2.25. The highest BCUT2D eigenvalue weighted by atomic mass is 16.5. The number of benzene rings is 1. The van der Waals surface area contributed by atoms with E-state index in [9.17, 15) is 4.79 Å². The molecule has 0 saturated heterocycles. The summed E-state index contributed by atoms with van der Waals surface area (Å²) < 4.78 is 5.62. The molecule has 0 bridgehead atoms. The fraction of sp³-hybridized carbons (Fsp3) is 0.462. The molecule has 1 heterocycles. The first-order chi connectivity index (χ1) is 8.11. The van der Waals surface area contributed by atoms with Crippen molar-refractivity contribution in [3.63, 3.8) is 0 Å². The summed E-state index contributed by atoms with van der Waals surface area (Å²) in [7, 11) is 0. The molecule has 0 unspecified atom stereocenters. The van der Waals surface area contributed by atoms with Gasteiger partial charge in [-0.2, -0.15) is 0 Å². The minimum Gasteiger partial charge on any atom is -0.489 e. The highest BCUT2D eigenvalue weighted by Gasteiger charge is 2.28. The Morgan fingerprint density at radius 1 is 1.59 bits per heavy atom. The van der Waals surface area contributed by atoms with Gasteiger partial charge in [0.05, 0.1) is 18.2 Å². The second-order valence-electron chi connectivity index (χ2n) is 4.32. The van der Waals surface area contributed by atoms with E-state index in [4.69, 9.17) is 9.84 Å². The lowest BCUT2D eigenvalue weighted by Gasteiger charge is -2.37. The molecular formula is C13H17NO3. The number of fused-ring (bicyclic) bond motifs is 1. The summed E-state index contributed by atoms with van der Waals surface area (Å²) in [6, 6.07) is 5.92. The van der Waals surface area contributed by atoms with E-state index in [0.717, 1.165) is 23.5 Å². The quantitative estimate of drug-likeness (QED) is 0.871. The number of nitrogens with zero attached hydrogens (tertiary/aromatic N) is 1. The number of aryl methyl sites for hydroxylation is 1. The van der Waals surface area contributed by atoms with Crippen molar-refractivity contribution < 1.29 is 14.6 Å². The van der Waals surface area contributed by atoms with Gasteiger partial charge in [-0.3, -0.25) is 4.79 Å². The molecule has 0 amide bonds. The molecule has 17 heavy (non-hydrogen) atoms. The lowest BCUT2D eigenvalue weighted by Crippen LogP contribution is -2.44. The van der Waals surface area contributed by atoms with Crippen LogP contribution < -0.4 is 9.64 Å². The molecular weight excluding hydrogens is 218 g/mol. The number of likely N-dealkylation sites (N-methyl/N-ethyl adjacent to an activating group) is 1. The third-order valence-electron chi connectivity index (χ3n) is 3.05. The van der Waals surface area contributed by atoms with Crippen LogP contribution in [0.25, 0.3) is 0 Å². The van der Waals surface area contributed by atoms with Crippen molar-refractivity contribution in [1.29, 1.82) is 0 Å². The zero-order valence-electron chi connectivity index (χ0n) is 10.1. The van der Waals surface area contributed by atoms with Gasteiger partial charge < -0.3 is 14.7 Å². The van der Waals surface area contributed by atoms with Gasteiger partial charge in [-0.25, -0.2) is 0 Å². The number of carbonyl (C=O) groups is 1. The van der Waals surface area contributed by atoms with Gasteiger partial charge in [0.1, 0.15) is 12.4 Å². The number of hydrogen-bond acceptors (Lipinski definition) is 3. The van der Waals surface area contributed by atoms with Crippen molar-refractivity contribution in [3.05, 3.63) is 23.8 Å². The summed E-state index contributed by atoms with van der Waals surface area (Å²) in [5.74, 6) is 0.0623. The molecule has 0 aliphatic carbocycles. The SMILES string of the molecule is CCN1c2cc(C)ccc2OC[C@@H]1CC(=O)O. The number of rotatable bonds is 3. The molecule has 1 aliphatic heterocycles. The Balaban J connectivity index is 2.31. The molecule has 1 atom stereocenters. The van der Waals surface area contributed by atoms with E-state index in [2.05, 4.69) is 4.90 Å². The van der Waals surface area contributed by atoms with Crippen molar-refractivity contribution in [2.45, 2.75) is 26.3 Å². The third kappa shape index (κ3) is 2.35. The number of ether oxygens (including phenoxy) is 1. The zero-order valence-corrected chi connectivity index (χ0v) is 10.1. The molecule has 4 nitrogen and oxygen atoms in total. The second-order valence-corrected chi connectivity index (χ2v) is 4.32. The van der Waals surface area contributed by atoms with Crippen molar-refractivity contribution in [1.82, 2.24) is 0 Å². The highest BCUT2D eigenvalue weighted by Crippen LogP contribution is 2.35. The second kappa shape index (κ2) is 4.65. The predicted molar refractivity (Wildman–Crippen MR) is 65.7 cm³/mol. The minimum atomic E-state index is -0.784. The summed E-state index contributed by atoms with van der Waals surface area (Å²) in [5.41, 5.74) is 2.16. The van der Waals surface area contributed by atoms with Crippen LogP contribution in [0.5, 0.6) is 5.75 Å². The first kappa shape index (κ1) is 11.8. The molecule has 92 valence electrons. The number of hydrogen-bond donors (Lipinski definition) is 1. The minimum absolute atomic E-state index is 0.0770. The summed E-state index contributed by atoms with van der Waals surface area (Å²) in [4.78, 5) is 12.9. The van der Waals surface area contributed by atoms with Crippen LogP contribution in [0.15, 0.2) is 18.2 Å². The van der Waals surface area contributed by atoms with Gasteiger partial charge in [-0.05, 0) is 31.5 Å². The summed E-state index contributed by atoms with van der Waals surface area (Å²) >= 11 is 0. The maximum atomic E-state index is 10.8. The van der Waals surface area contributed by atoms with Crippen molar-refractivity contribution in [2.75, 3.05) is 18.1 Å². The van der Waals surface area contributed by atoms with Gasteiger partial charge >= 0.3 is 5.97 Å². The molecule has 0 aromatic heterocycles. The first-order valence-corrected chi connectivity index (χ1v) is 5.83. The van der Waals surface area contributed by atoms with Crippen LogP contribution >= 0.6 is 0 Å². The molecule has 1 aromatic rings. The average Bonchev–Trinajstić information content (AvgIpc) is 2.28. The van der Waals surface area contributed by atoms with Crippen molar-refractivity contribution >= 4 is 11.7 Å². The Morgan fingerprint density at radius 3 is 3.00 bits per heavy atom. The monoisotopic (exact) mass is 235 g/mol. The van der Waals surface area contributed by atoms with Crippen LogP contribution in [-0.4, -0.2) is 30.3 Å². The molecule has 0 fully saturated rings. The lowest BCUT2D eigenvalue weighted by molar-refractivity contribution is -0.137. The topological polar surface area (TPSA) is 49.8 Å². The Hall–Kier alpha value is -1.71.